The predicted molar refractivity (Wildman–Crippen MR) is 68.5 cm³/mol. The maximum atomic E-state index is 12.1. The zero-order valence-corrected chi connectivity index (χ0v) is 11.4. The van der Waals surface area contributed by atoms with Crippen LogP contribution in [0.4, 0.5) is 4.79 Å². The molecule has 1 aliphatic rings. The summed E-state index contributed by atoms with van der Waals surface area (Å²) in [6.07, 6.45) is 1.11. The van der Waals surface area contributed by atoms with Gasteiger partial charge in [-0.1, -0.05) is 6.92 Å². The molecule has 1 saturated heterocycles. The minimum atomic E-state index is -0.793. The van der Waals surface area contributed by atoms with E-state index in [9.17, 15) is 14.7 Å². The molecule has 18 heavy (non-hydrogen) atoms. The van der Waals surface area contributed by atoms with E-state index in [1.54, 1.807) is 16.8 Å². The Morgan fingerprint density at radius 2 is 2.17 bits per heavy atom. The van der Waals surface area contributed by atoms with Gasteiger partial charge in [0.25, 0.3) is 0 Å². The molecule has 0 radical (unpaired) electrons. The molecule has 1 heterocycles. The molecule has 6 heteroatoms. The number of amides is 2. The van der Waals surface area contributed by atoms with Crippen molar-refractivity contribution in [2.45, 2.75) is 19.8 Å². The van der Waals surface area contributed by atoms with E-state index < -0.39 is 11.4 Å². The normalized spacial score (nSPS) is 23.2. The van der Waals surface area contributed by atoms with E-state index in [2.05, 4.69) is 5.32 Å². The van der Waals surface area contributed by atoms with E-state index in [1.807, 2.05) is 14.0 Å². The number of carbonyl (C=O) groups excluding carboxylic acids is 1. The molecule has 0 spiro atoms. The number of likely N-dealkylation sites (tertiary alicyclic amines) is 1. The summed E-state index contributed by atoms with van der Waals surface area (Å²) in [6.45, 7) is 4.07. The minimum absolute atomic E-state index is 0.0816. The average Bonchev–Trinajstić information content (AvgIpc) is 2.80. The van der Waals surface area contributed by atoms with E-state index in [4.69, 9.17) is 0 Å². The average molecular weight is 257 g/mol. The number of carbonyl (C=O) groups is 2. The van der Waals surface area contributed by atoms with Crippen molar-refractivity contribution >= 4 is 12.0 Å². The summed E-state index contributed by atoms with van der Waals surface area (Å²) in [7, 11) is 3.58. The Balaban J connectivity index is 2.60. The second-order valence-corrected chi connectivity index (χ2v) is 4.92. The van der Waals surface area contributed by atoms with E-state index in [0.717, 1.165) is 6.54 Å². The van der Waals surface area contributed by atoms with E-state index in [-0.39, 0.29) is 6.03 Å². The van der Waals surface area contributed by atoms with Crippen molar-refractivity contribution in [2.24, 2.45) is 5.41 Å². The second-order valence-electron chi connectivity index (χ2n) is 4.92. The first-order valence-corrected chi connectivity index (χ1v) is 6.35. The van der Waals surface area contributed by atoms with Crippen LogP contribution in [-0.2, 0) is 4.79 Å². The molecule has 104 valence electrons. The van der Waals surface area contributed by atoms with Crippen molar-refractivity contribution in [1.82, 2.24) is 15.1 Å². The van der Waals surface area contributed by atoms with Crippen molar-refractivity contribution in [3.8, 4) is 0 Å². The minimum Gasteiger partial charge on any atom is -0.481 e. The number of rotatable bonds is 5. The van der Waals surface area contributed by atoms with Crippen molar-refractivity contribution in [3.63, 3.8) is 0 Å². The van der Waals surface area contributed by atoms with Gasteiger partial charge in [0.15, 0.2) is 0 Å². The van der Waals surface area contributed by atoms with Crippen LogP contribution in [0.3, 0.4) is 0 Å². The van der Waals surface area contributed by atoms with E-state index in [1.165, 1.54) is 0 Å². The fourth-order valence-corrected chi connectivity index (χ4v) is 2.27. The molecule has 0 aliphatic carbocycles. The number of urea groups is 1. The lowest BCUT2D eigenvalue weighted by atomic mass is 9.84. The maximum Gasteiger partial charge on any atom is 0.319 e. The number of likely N-dealkylation sites (N-methyl/N-ethyl adjacent to an activating group) is 2. The van der Waals surface area contributed by atoms with Gasteiger partial charge in [0.1, 0.15) is 0 Å². The van der Waals surface area contributed by atoms with Gasteiger partial charge in [-0.25, -0.2) is 4.79 Å². The van der Waals surface area contributed by atoms with Crippen LogP contribution in [0.15, 0.2) is 0 Å². The SMILES string of the molecule is CCC1(C(=O)O)CCN(C(=O)N(C)CCNC)C1. The Labute approximate surface area is 108 Å². The Hall–Kier alpha value is -1.30. The molecule has 0 saturated carbocycles. The zero-order chi connectivity index (χ0) is 13.8. The number of aliphatic carboxylic acids is 1. The van der Waals surface area contributed by atoms with Crippen LogP contribution in [-0.4, -0.2) is 67.2 Å². The molecule has 1 rings (SSSR count). The summed E-state index contributed by atoms with van der Waals surface area (Å²) in [5.41, 5.74) is -0.750. The monoisotopic (exact) mass is 257 g/mol. The van der Waals surface area contributed by atoms with Crippen molar-refractivity contribution < 1.29 is 14.7 Å². The fraction of sp³-hybridized carbons (Fsp3) is 0.833. The highest BCUT2D eigenvalue weighted by atomic mass is 16.4. The smallest absolute Gasteiger partial charge is 0.319 e. The number of nitrogens with zero attached hydrogens (tertiary/aromatic N) is 2. The molecular weight excluding hydrogens is 234 g/mol. The molecule has 0 aromatic heterocycles. The van der Waals surface area contributed by atoms with Gasteiger partial charge in [0.05, 0.1) is 5.41 Å². The zero-order valence-electron chi connectivity index (χ0n) is 11.4. The van der Waals surface area contributed by atoms with Gasteiger partial charge < -0.3 is 20.2 Å². The Morgan fingerprint density at radius 1 is 1.50 bits per heavy atom. The van der Waals surface area contributed by atoms with Gasteiger partial charge in [-0.05, 0) is 19.9 Å². The second kappa shape index (κ2) is 6.04. The van der Waals surface area contributed by atoms with Crippen LogP contribution >= 0.6 is 0 Å². The van der Waals surface area contributed by atoms with E-state index in [0.29, 0.717) is 32.5 Å². The highest BCUT2D eigenvalue weighted by molar-refractivity contribution is 5.79. The summed E-state index contributed by atoms with van der Waals surface area (Å²) >= 11 is 0. The summed E-state index contributed by atoms with van der Waals surface area (Å²) in [4.78, 5) is 26.7. The Bertz CT molecular complexity index is 322. The van der Waals surface area contributed by atoms with Crippen LogP contribution in [0.1, 0.15) is 19.8 Å². The predicted octanol–water partition coefficient (Wildman–Crippen LogP) is 0.444. The first-order chi connectivity index (χ1) is 8.46. The molecule has 0 bridgehead atoms. The third kappa shape index (κ3) is 2.93. The van der Waals surface area contributed by atoms with Crippen LogP contribution < -0.4 is 5.32 Å². The van der Waals surface area contributed by atoms with Gasteiger partial charge in [0, 0.05) is 33.2 Å². The molecule has 1 aliphatic heterocycles. The summed E-state index contributed by atoms with van der Waals surface area (Å²) in [5.74, 6) is -0.793. The molecule has 2 N–H and O–H groups in total. The molecule has 1 unspecified atom stereocenters. The van der Waals surface area contributed by atoms with Crippen LogP contribution in [0.2, 0.25) is 0 Å². The number of nitrogens with one attached hydrogen (secondary N) is 1. The molecule has 1 atom stereocenters. The molecule has 1 fully saturated rings. The number of hydrogen-bond acceptors (Lipinski definition) is 3. The standard InChI is InChI=1S/C12H23N3O3/c1-4-12(10(16)17)5-7-15(9-12)11(18)14(3)8-6-13-2/h13H,4-9H2,1-3H3,(H,16,17). The largest absolute Gasteiger partial charge is 0.481 e. The third-order valence-electron chi connectivity index (χ3n) is 3.78. The highest BCUT2D eigenvalue weighted by Gasteiger charge is 2.45. The summed E-state index contributed by atoms with van der Waals surface area (Å²) in [5, 5.41) is 12.3. The Morgan fingerprint density at radius 3 is 2.61 bits per heavy atom. The number of carboxylic acids is 1. The third-order valence-corrected chi connectivity index (χ3v) is 3.78. The van der Waals surface area contributed by atoms with Crippen LogP contribution in [0, 0.1) is 5.41 Å². The van der Waals surface area contributed by atoms with Gasteiger partial charge in [0.2, 0.25) is 0 Å². The van der Waals surface area contributed by atoms with Crippen LogP contribution in [0.5, 0.6) is 0 Å². The summed E-state index contributed by atoms with van der Waals surface area (Å²) < 4.78 is 0. The topological polar surface area (TPSA) is 72.9 Å². The molecular formula is C12H23N3O3. The van der Waals surface area contributed by atoms with Crippen molar-refractivity contribution in [1.29, 1.82) is 0 Å². The summed E-state index contributed by atoms with van der Waals surface area (Å²) in [6, 6.07) is -0.0816. The lowest BCUT2D eigenvalue weighted by Gasteiger charge is -2.26. The highest BCUT2D eigenvalue weighted by Crippen LogP contribution is 2.34. The van der Waals surface area contributed by atoms with Crippen molar-refractivity contribution in [3.05, 3.63) is 0 Å². The van der Waals surface area contributed by atoms with Gasteiger partial charge in [-0.2, -0.15) is 0 Å². The molecule has 0 aromatic carbocycles. The lowest BCUT2D eigenvalue weighted by Crippen LogP contribution is -2.44. The molecule has 0 aromatic rings. The Kier molecular flexibility index (Phi) is 4.95. The van der Waals surface area contributed by atoms with Crippen LogP contribution in [0.25, 0.3) is 0 Å². The first kappa shape index (κ1) is 14.8. The fourth-order valence-electron chi connectivity index (χ4n) is 2.27. The molecule has 6 nitrogen and oxygen atoms in total. The van der Waals surface area contributed by atoms with E-state index >= 15 is 0 Å². The number of hydrogen-bond donors (Lipinski definition) is 2. The lowest BCUT2D eigenvalue weighted by molar-refractivity contribution is -0.148. The van der Waals surface area contributed by atoms with Gasteiger partial charge in [-0.15, -0.1) is 0 Å². The molecule has 2 amide bonds. The van der Waals surface area contributed by atoms with Gasteiger partial charge in [-0.3, -0.25) is 4.79 Å². The first-order valence-electron chi connectivity index (χ1n) is 6.35. The number of carboxylic acid groups (broad SMARTS) is 1. The van der Waals surface area contributed by atoms with Gasteiger partial charge >= 0.3 is 12.0 Å². The quantitative estimate of drug-likeness (QED) is 0.750. The van der Waals surface area contributed by atoms with Crippen molar-refractivity contribution in [2.75, 3.05) is 40.3 Å². The maximum absolute atomic E-state index is 12.1.